The molecule has 0 atom stereocenters. The molecule has 1 saturated carbocycles. The van der Waals surface area contributed by atoms with Crippen LogP contribution in [0.1, 0.15) is 29.5 Å². The van der Waals surface area contributed by atoms with E-state index in [1.807, 2.05) is 6.07 Å². The van der Waals surface area contributed by atoms with Gasteiger partial charge in [-0.05, 0) is 36.6 Å². The molecule has 2 fully saturated rings. The molecular formula is C24H32N4O. The number of piperazine rings is 1. The average molecular weight is 393 g/mol. The van der Waals surface area contributed by atoms with Gasteiger partial charge >= 0.3 is 6.03 Å². The first-order valence-electron chi connectivity index (χ1n) is 10.7. The van der Waals surface area contributed by atoms with Crippen molar-refractivity contribution in [3.05, 3.63) is 71.3 Å². The maximum Gasteiger partial charge on any atom is 0.315 e. The van der Waals surface area contributed by atoms with E-state index in [-0.39, 0.29) is 11.4 Å². The molecule has 1 aliphatic carbocycles. The van der Waals surface area contributed by atoms with E-state index < -0.39 is 0 Å². The first-order chi connectivity index (χ1) is 14.1. The summed E-state index contributed by atoms with van der Waals surface area (Å²) in [7, 11) is 2.18. The number of rotatable bonds is 7. The van der Waals surface area contributed by atoms with Crippen LogP contribution in [0.5, 0.6) is 0 Å². The van der Waals surface area contributed by atoms with Gasteiger partial charge in [0.2, 0.25) is 0 Å². The molecule has 5 heteroatoms. The number of carbonyl (C=O) groups is 1. The largest absolute Gasteiger partial charge is 0.337 e. The highest BCUT2D eigenvalue weighted by Crippen LogP contribution is 2.47. The molecule has 0 unspecified atom stereocenters. The summed E-state index contributed by atoms with van der Waals surface area (Å²) >= 11 is 0. The van der Waals surface area contributed by atoms with Gasteiger partial charge in [0, 0.05) is 51.2 Å². The molecule has 4 rings (SSSR count). The summed E-state index contributed by atoms with van der Waals surface area (Å²) < 4.78 is 0. The fraction of sp³-hybridized carbons (Fsp3) is 0.458. The van der Waals surface area contributed by atoms with Crippen LogP contribution in [0.15, 0.2) is 54.6 Å². The van der Waals surface area contributed by atoms with Gasteiger partial charge in [0.25, 0.3) is 0 Å². The van der Waals surface area contributed by atoms with E-state index in [9.17, 15) is 4.79 Å². The lowest BCUT2D eigenvalue weighted by molar-refractivity contribution is 0.148. The van der Waals surface area contributed by atoms with Crippen molar-refractivity contribution in [1.29, 1.82) is 0 Å². The molecule has 0 radical (unpaired) electrons. The predicted molar refractivity (Wildman–Crippen MR) is 117 cm³/mol. The number of likely N-dealkylation sites (N-methyl/N-ethyl adjacent to an activating group) is 1. The van der Waals surface area contributed by atoms with E-state index in [2.05, 4.69) is 76.0 Å². The zero-order valence-electron chi connectivity index (χ0n) is 17.4. The molecule has 154 valence electrons. The standard InChI is InChI=1S/C24H32N4O/c1-27-13-15-28(16-14-27)18-21-8-6-5-7-20(21)17-25-23(29)26-19-24(11-12-24)22-9-3-2-4-10-22/h2-10H,11-19H2,1H3,(H2,25,26,29). The Hall–Kier alpha value is -2.37. The Morgan fingerprint density at radius 3 is 2.24 bits per heavy atom. The molecule has 29 heavy (non-hydrogen) atoms. The second-order valence-corrected chi connectivity index (χ2v) is 8.53. The first kappa shape index (κ1) is 19.9. The van der Waals surface area contributed by atoms with Crippen molar-refractivity contribution in [3.8, 4) is 0 Å². The highest BCUT2D eigenvalue weighted by atomic mass is 16.2. The Kier molecular flexibility index (Phi) is 6.16. The molecule has 2 aromatic carbocycles. The van der Waals surface area contributed by atoms with Crippen molar-refractivity contribution < 1.29 is 4.79 Å². The van der Waals surface area contributed by atoms with E-state index in [1.54, 1.807) is 0 Å². The monoisotopic (exact) mass is 392 g/mol. The SMILES string of the molecule is CN1CCN(Cc2ccccc2CNC(=O)NCC2(c3ccccc3)CC2)CC1. The Morgan fingerprint density at radius 2 is 1.55 bits per heavy atom. The fourth-order valence-electron chi connectivity index (χ4n) is 4.13. The third-order valence-electron chi connectivity index (χ3n) is 6.37. The van der Waals surface area contributed by atoms with Crippen molar-refractivity contribution in [1.82, 2.24) is 20.4 Å². The predicted octanol–water partition coefficient (Wildman–Crippen LogP) is 2.97. The Bertz CT molecular complexity index is 811. The molecule has 2 N–H and O–H groups in total. The number of urea groups is 1. The number of nitrogens with one attached hydrogen (secondary N) is 2. The van der Waals surface area contributed by atoms with Crippen molar-refractivity contribution in [2.24, 2.45) is 0 Å². The Morgan fingerprint density at radius 1 is 0.897 bits per heavy atom. The summed E-state index contributed by atoms with van der Waals surface area (Å²) in [4.78, 5) is 17.3. The summed E-state index contributed by atoms with van der Waals surface area (Å²) in [5.74, 6) is 0. The third-order valence-corrected chi connectivity index (χ3v) is 6.37. The molecule has 1 aliphatic heterocycles. The summed E-state index contributed by atoms with van der Waals surface area (Å²) in [6.07, 6.45) is 2.29. The van der Waals surface area contributed by atoms with Crippen LogP contribution in [0.3, 0.4) is 0 Å². The molecule has 0 aromatic heterocycles. The summed E-state index contributed by atoms with van der Waals surface area (Å²) in [5, 5.41) is 6.15. The van der Waals surface area contributed by atoms with Crippen LogP contribution in [0.4, 0.5) is 4.79 Å². The van der Waals surface area contributed by atoms with E-state index in [0.29, 0.717) is 13.1 Å². The van der Waals surface area contributed by atoms with Gasteiger partial charge in [-0.25, -0.2) is 4.79 Å². The Balaban J connectivity index is 1.27. The summed E-state index contributed by atoms with van der Waals surface area (Å²) in [6.45, 7) is 6.64. The zero-order valence-corrected chi connectivity index (χ0v) is 17.4. The van der Waals surface area contributed by atoms with Crippen LogP contribution in [0.25, 0.3) is 0 Å². The topological polar surface area (TPSA) is 47.6 Å². The van der Waals surface area contributed by atoms with Gasteiger partial charge in [-0.2, -0.15) is 0 Å². The molecule has 1 heterocycles. The van der Waals surface area contributed by atoms with E-state index in [0.717, 1.165) is 45.6 Å². The van der Waals surface area contributed by atoms with Crippen molar-refractivity contribution in [3.63, 3.8) is 0 Å². The summed E-state index contributed by atoms with van der Waals surface area (Å²) in [6, 6.07) is 18.9. The maximum atomic E-state index is 12.4. The summed E-state index contributed by atoms with van der Waals surface area (Å²) in [5.41, 5.74) is 3.97. The molecule has 0 bridgehead atoms. The molecule has 5 nitrogen and oxygen atoms in total. The highest BCUT2D eigenvalue weighted by molar-refractivity contribution is 5.74. The fourth-order valence-corrected chi connectivity index (χ4v) is 4.13. The number of carbonyl (C=O) groups excluding carboxylic acids is 1. The average Bonchev–Trinajstić information content (AvgIpc) is 3.55. The lowest BCUT2D eigenvalue weighted by atomic mass is 9.96. The lowest BCUT2D eigenvalue weighted by Crippen LogP contribution is -2.44. The number of benzene rings is 2. The van der Waals surface area contributed by atoms with Gasteiger partial charge in [-0.3, -0.25) is 4.90 Å². The third kappa shape index (κ3) is 5.17. The van der Waals surface area contributed by atoms with Crippen LogP contribution in [-0.2, 0) is 18.5 Å². The number of nitrogens with zero attached hydrogens (tertiary/aromatic N) is 2. The second-order valence-electron chi connectivity index (χ2n) is 8.53. The van der Waals surface area contributed by atoms with Crippen LogP contribution in [0, 0.1) is 0 Å². The minimum absolute atomic E-state index is 0.0818. The molecular weight excluding hydrogens is 360 g/mol. The smallest absolute Gasteiger partial charge is 0.315 e. The van der Waals surface area contributed by atoms with Gasteiger partial charge in [-0.1, -0.05) is 54.6 Å². The number of amides is 2. The van der Waals surface area contributed by atoms with Crippen LogP contribution in [-0.4, -0.2) is 55.6 Å². The van der Waals surface area contributed by atoms with Crippen LogP contribution >= 0.6 is 0 Å². The molecule has 0 spiro atoms. The van der Waals surface area contributed by atoms with E-state index in [4.69, 9.17) is 0 Å². The Labute approximate surface area is 174 Å². The van der Waals surface area contributed by atoms with Gasteiger partial charge in [0.05, 0.1) is 0 Å². The van der Waals surface area contributed by atoms with Crippen molar-refractivity contribution in [2.75, 3.05) is 39.8 Å². The minimum Gasteiger partial charge on any atom is -0.337 e. The molecule has 2 aliphatic rings. The van der Waals surface area contributed by atoms with Gasteiger partial charge < -0.3 is 15.5 Å². The zero-order chi connectivity index (χ0) is 20.1. The van der Waals surface area contributed by atoms with Crippen LogP contribution in [0.2, 0.25) is 0 Å². The lowest BCUT2D eigenvalue weighted by Gasteiger charge is -2.32. The molecule has 2 aromatic rings. The van der Waals surface area contributed by atoms with Crippen molar-refractivity contribution >= 4 is 6.03 Å². The molecule has 1 saturated heterocycles. The highest BCUT2D eigenvalue weighted by Gasteiger charge is 2.44. The number of hydrogen-bond acceptors (Lipinski definition) is 3. The van der Waals surface area contributed by atoms with Gasteiger partial charge in [-0.15, -0.1) is 0 Å². The first-order valence-corrected chi connectivity index (χ1v) is 10.7. The second kappa shape index (κ2) is 8.97. The van der Waals surface area contributed by atoms with Gasteiger partial charge in [0.1, 0.15) is 0 Å². The van der Waals surface area contributed by atoms with Crippen molar-refractivity contribution in [2.45, 2.75) is 31.3 Å². The van der Waals surface area contributed by atoms with E-state index >= 15 is 0 Å². The minimum atomic E-state index is -0.0818. The normalized spacial score (nSPS) is 18.9. The van der Waals surface area contributed by atoms with E-state index in [1.165, 1.54) is 16.7 Å². The van der Waals surface area contributed by atoms with Crippen LogP contribution < -0.4 is 10.6 Å². The van der Waals surface area contributed by atoms with Gasteiger partial charge in [0.15, 0.2) is 0 Å². The number of hydrogen-bond donors (Lipinski definition) is 2. The maximum absolute atomic E-state index is 12.4. The molecule has 2 amide bonds. The quantitative estimate of drug-likeness (QED) is 0.762.